The van der Waals surface area contributed by atoms with Crippen molar-refractivity contribution in [3.05, 3.63) is 53.6 Å². The lowest BCUT2D eigenvalue weighted by atomic mass is 10.0. The second-order valence-corrected chi connectivity index (χ2v) is 4.72. The summed E-state index contributed by atoms with van der Waals surface area (Å²) < 4.78 is 15.1. The van der Waals surface area contributed by atoms with E-state index in [9.17, 15) is 4.39 Å². The van der Waals surface area contributed by atoms with Gasteiger partial charge in [0.25, 0.3) is 0 Å². The van der Waals surface area contributed by atoms with E-state index in [1.807, 2.05) is 23.9 Å². The standard InChI is InChI=1S/C15H20FN3/c1-3-8-17-14(15-7-9-18-19(15)2)11-12-5-4-6-13(16)10-12/h4-7,9-10,14,17H,3,8,11H2,1-2H3. The van der Waals surface area contributed by atoms with Crippen molar-refractivity contribution in [2.24, 2.45) is 7.05 Å². The van der Waals surface area contributed by atoms with Gasteiger partial charge in [0.15, 0.2) is 0 Å². The molecule has 1 aromatic carbocycles. The Hall–Kier alpha value is -1.68. The van der Waals surface area contributed by atoms with E-state index < -0.39 is 0 Å². The largest absolute Gasteiger partial charge is 0.308 e. The van der Waals surface area contributed by atoms with Crippen molar-refractivity contribution >= 4 is 0 Å². The Morgan fingerprint density at radius 3 is 2.84 bits per heavy atom. The molecule has 19 heavy (non-hydrogen) atoms. The Kier molecular flexibility index (Phi) is 4.68. The fourth-order valence-corrected chi connectivity index (χ4v) is 2.23. The van der Waals surface area contributed by atoms with Crippen molar-refractivity contribution in [3.63, 3.8) is 0 Å². The first-order chi connectivity index (χ1) is 9.20. The number of hydrogen-bond acceptors (Lipinski definition) is 2. The van der Waals surface area contributed by atoms with Crippen LogP contribution in [-0.4, -0.2) is 16.3 Å². The Morgan fingerprint density at radius 2 is 2.21 bits per heavy atom. The van der Waals surface area contributed by atoms with Gasteiger partial charge in [-0.15, -0.1) is 0 Å². The SMILES string of the molecule is CCCNC(Cc1cccc(F)c1)c1ccnn1C. The second-order valence-electron chi connectivity index (χ2n) is 4.72. The molecule has 1 aromatic heterocycles. The van der Waals surface area contributed by atoms with Crippen LogP contribution in [0, 0.1) is 5.82 Å². The maximum absolute atomic E-state index is 13.3. The molecule has 0 fully saturated rings. The Labute approximate surface area is 113 Å². The maximum atomic E-state index is 13.3. The highest BCUT2D eigenvalue weighted by Crippen LogP contribution is 2.18. The van der Waals surface area contributed by atoms with Gasteiger partial charge >= 0.3 is 0 Å². The molecule has 0 radical (unpaired) electrons. The summed E-state index contributed by atoms with van der Waals surface area (Å²) in [5.41, 5.74) is 2.12. The fourth-order valence-electron chi connectivity index (χ4n) is 2.23. The van der Waals surface area contributed by atoms with E-state index in [0.29, 0.717) is 0 Å². The highest BCUT2D eigenvalue weighted by Gasteiger charge is 2.15. The molecule has 1 unspecified atom stereocenters. The first kappa shape index (κ1) is 13.7. The van der Waals surface area contributed by atoms with Crippen LogP contribution in [0.5, 0.6) is 0 Å². The number of aromatic nitrogens is 2. The van der Waals surface area contributed by atoms with E-state index >= 15 is 0 Å². The third kappa shape index (κ3) is 3.64. The minimum atomic E-state index is -0.184. The number of nitrogens with zero attached hydrogens (tertiary/aromatic N) is 2. The van der Waals surface area contributed by atoms with E-state index in [1.54, 1.807) is 18.3 Å². The summed E-state index contributed by atoms with van der Waals surface area (Å²) in [6, 6.07) is 8.95. The summed E-state index contributed by atoms with van der Waals surface area (Å²) in [6.45, 7) is 3.07. The number of halogens is 1. The molecule has 0 amide bonds. The summed E-state index contributed by atoms with van der Waals surface area (Å²) in [4.78, 5) is 0. The molecular formula is C15H20FN3. The molecule has 0 saturated carbocycles. The van der Waals surface area contributed by atoms with E-state index in [1.165, 1.54) is 6.07 Å². The highest BCUT2D eigenvalue weighted by atomic mass is 19.1. The van der Waals surface area contributed by atoms with Crippen LogP contribution in [-0.2, 0) is 13.5 Å². The number of aryl methyl sites for hydroxylation is 1. The minimum absolute atomic E-state index is 0.161. The van der Waals surface area contributed by atoms with Crippen LogP contribution in [0.15, 0.2) is 36.5 Å². The van der Waals surface area contributed by atoms with Gasteiger partial charge in [0.05, 0.1) is 11.7 Å². The molecule has 3 nitrogen and oxygen atoms in total. The molecule has 4 heteroatoms. The van der Waals surface area contributed by atoms with Crippen LogP contribution in [0.4, 0.5) is 4.39 Å². The molecule has 0 aliphatic heterocycles. The first-order valence-corrected chi connectivity index (χ1v) is 6.66. The van der Waals surface area contributed by atoms with Crippen LogP contribution in [0.3, 0.4) is 0 Å². The van der Waals surface area contributed by atoms with Crippen LogP contribution < -0.4 is 5.32 Å². The summed E-state index contributed by atoms with van der Waals surface area (Å²) in [5, 5.41) is 7.70. The van der Waals surface area contributed by atoms with Crippen molar-refractivity contribution in [3.8, 4) is 0 Å². The van der Waals surface area contributed by atoms with Crippen molar-refractivity contribution in [2.45, 2.75) is 25.8 Å². The average molecular weight is 261 g/mol. The van der Waals surface area contributed by atoms with Crippen molar-refractivity contribution in [1.82, 2.24) is 15.1 Å². The van der Waals surface area contributed by atoms with Gasteiger partial charge in [-0.1, -0.05) is 19.1 Å². The third-order valence-electron chi connectivity index (χ3n) is 3.19. The smallest absolute Gasteiger partial charge is 0.123 e. The van der Waals surface area contributed by atoms with Crippen LogP contribution in [0.25, 0.3) is 0 Å². The molecule has 0 spiro atoms. The lowest BCUT2D eigenvalue weighted by Gasteiger charge is -2.19. The van der Waals surface area contributed by atoms with Gasteiger partial charge in [0, 0.05) is 13.2 Å². The molecule has 0 bridgehead atoms. The molecule has 2 rings (SSSR count). The van der Waals surface area contributed by atoms with E-state index in [-0.39, 0.29) is 11.9 Å². The lowest BCUT2D eigenvalue weighted by molar-refractivity contribution is 0.492. The monoisotopic (exact) mass is 261 g/mol. The molecule has 2 aromatic rings. The van der Waals surface area contributed by atoms with Gasteiger partial charge in [0.1, 0.15) is 5.82 Å². The summed E-state index contributed by atoms with van der Waals surface area (Å²) in [5.74, 6) is -0.184. The molecular weight excluding hydrogens is 241 g/mol. The van der Waals surface area contributed by atoms with Crippen molar-refractivity contribution < 1.29 is 4.39 Å². The van der Waals surface area contributed by atoms with Crippen LogP contribution >= 0.6 is 0 Å². The Bertz CT molecular complexity index is 522. The quantitative estimate of drug-likeness (QED) is 0.866. The normalized spacial score (nSPS) is 12.6. The van der Waals surface area contributed by atoms with E-state index in [2.05, 4.69) is 17.3 Å². The zero-order valence-electron chi connectivity index (χ0n) is 11.4. The Balaban J connectivity index is 2.16. The summed E-state index contributed by atoms with van der Waals surface area (Å²) in [7, 11) is 1.93. The summed E-state index contributed by atoms with van der Waals surface area (Å²) in [6.07, 6.45) is 3.62. The maximum Gasteiger partial charge on any atom is 0.123 e. The van der Waals surface area contributed by atoms with Crippen LogP contribution in [0.2, 0.25) is 0 Å². The molecule has 1 atom stereocenters. The van der Waals surface area contributed by atoms with Crippen LogP contribution in [0.1, 0.15) is 30.6 Å². The first-order valence-electron chi connectivity index (χ1n) is 6.66. The zero-order valence-corrected chi connectivity index (χ0v) is 11.4. The van der Waals surface area contributed by atoms with Gasteiger partial charge in [-0.05, 0) is 43.1 Å². The van der Waals surface area contributed by atoms with Gasteiger partial charge in [-0.3, -0.25) is 4.68 Å². The molecule has 1 N–H and O–H groups in total. The van der Waals surface area contributed by atoms with Crippen molar-refractivity contribution in [2.75, 3.05) is 6.54 Å². The molecule has 0 aliphatic rings. The third-order valence-corrected chi connectivity index (χ3v) is 3.19. The molecule has 0 aliphatic carbocycles. The topological polar surface area (TPSA) is 29.9 Å². The highest BCUT2D eigenvalue weighted by molar-refractivity contribution is 5.20. The second kappa shape index (κ2) is 6.48. The average Bonchev–Trinajstić information content (AvgIpc) is 2.81. The minimum Gasteiger partial charge on any atom is -0.308 e. The van der Waals surface area contributed by atoms with Crippen molar-refractivity contribution in [1.29, 1.82) is 0 Å². The molecule has 0 saturated heterocycles. The van der Waals surface area contributed by atoms with E-state index in [0.717, 1.165) is 30.6 Å². The predicted molar refractivity (Wildman–Crippen MR) is 74.3 cm³/mol. The summed E-state index contributed by atoms with van der Waals surface area (Å²) >= 11 is 0. The number of rotatable bonds is 6. The molecule has 1 heterocycles. The molecule has 102 valence electrons. The van der Waals surface area contributed by atoms with Gasteiger partial charge in [-0.25, -0.2) is 4.39 Å². The van der Waals surface area contributed by atoms with Gasteiger partial charge < -0.3 is 5.32 Å². The number of nitrogens with one attached hydrogen (secondary N) is 1. The van der Waals surface area contributed by atoms with Gasteiger partial charge in [0.2, 0.25) is 0 Å². The van der Waals surface area contributed by atoms with Gasteiger partial charge in [-0.2, -0.15) is 5.10 Å². The lowest BCUT2D eigenvalue weighted by Crippen LogP contribution is -2.26. The number of hydrogen-bond donors (Lipinski definition) is 1. The number of benzene rings is 1. The fraction of sp³-hybridized carbons (Fsp3) is 0.400. The van der Waals surface area contributed by atoms with E-state index in [4.69, 9.17) is 0 Å². The Morgan fingerprint density at radius 1 is 1.37 bits per heavy atom. The zero-order chi connectivity index (χ0) is 13.7. The predicted octanol–water partition coefficient (Wildman–Crippen LogP) is 2.84.